The Hall–Kier alpha value is -2.22. The summed E-state index contributed by atoms with van der Waals surface area (Å²) < 4.78 is 17.7. The second-order valence-electron chi connectivity index (χ2n) is 3.01. The highest BCUT2D eigenvalue weighted by Gasteiger charge is 2.26. The SMILES string of the molecule is O=C(O)CC(=O)Oc1ccc(Cl)c(F)c1[N+](=O)[O-]. The zero-order valence-electron chi connectivity index (χ0n) is 8.55. The number of carbonyl (C=O) groups excluding carboxylic acids is 1. The molecular formula is C9H5ClFNO6. The third-order valence-electron chi connectivity index (χ3n) is 1.73. The number of hydrogen-bond donors (Lipinski definition) is 1. The summed E-state index contributed by atoms with van der Waals surface area (Å²) in [5.74, 6) is -4.79. The lowest BCUT2D eigenvalue weighted by molar-refractivity contribution is -0.388. The van der Waals surface area contributed by atoms with Crippen molar-refractivity contribution in [2.75, 3.05) is 0 Å². The molecule has 1 aromatic rings. The lowest BCUT2D eigenvalue weighted by Crippen LogP contribution is -2.14. The molecule has 0 aromatic heterocycles. The van der Waals surface area contributed by atoms with E-state index in [1.54, 1.807) is 0 Å². The van der Waals surface area contributed by atoms with Gasteiger partial charge in [-0.25, -0.2) is 0 Å². The van der Waals surface area contributed by atoms with Gasteiger partial charge in [-0.2, -0.15) is 4.39 Å². The van der Waals surface area contributed by atoms with Gasteiger partial charge in [-0.15, -0.1) is 0 Å². The Morgan fingerprint density at radius 2 is 2.11 bits per heavy atom. The van der Waals surface area contributed by atoms with Crippen molar-refractivity contribution >= 4 is 29.2 Å². The molecule has 0 saturated carbocycles. The van der Waals surface area contributed by atoms with Gasteiger partial charge in [0.1, 0.15) is 6.42 Å². The van der Waals surface area contributed by atoms with Crippen molar-refractivity contribution in [2.24, 2.45) is 0 Å². The second kappa shape index (κ2) is 5.41. The smallest absolute Gasteiger partial charge is 0.348 e. The number of nitro benzene ring substituents is 1. The fourth-order valence-corrected chi connectivity index (χ4v) is 1.21. The van der Waals surface area contributed by atoms with Gasteiger partial charge in [-0.05, 0) is 12.1 Å². The minimum Gasteiger partial charge on any atom is -0.481 e. The van der Waals surface area contributed by atoms with Crippen LogP contribution >= 0.6 is 11.6 Å². The van der Waals surface area contributed by atoms with Crippen LogP contribution in [-0.4, -0.2) is 22.0 Å². The third-order valence-corrected chi connectivity index (χ3v) is 2.03. The molecule has 1 rings (SSSR count). The van der Waals surface area contributed by atoms with Crippen LogP contribution in [-0.2, 0) is 9.59 Å². The highest BCUT2D eigenvalue weighted by Crippen LogP contribution is 2.34. The zero-order chi connectivity index (χ0) is 13.9. The van der Waals surface area contributed by atoms with E-state index in [4.69, 9.17) is 16.7 Å². The van der Waals surface area contributed by atoms with E-state index in [1.165, 1.54) is 0 Å². The topological polar surface area (TPSA) is 107 Å². The summed E-state index contributed by atoms with van der Waals surface area (Å²) in [6.45, 7) is 0. The van der Waals surface area contributed by atoms with Crippen molar-refractivity contribution in [3.8, 4) is 5.75 Å². The molecule has 0 bridgehead atoms. The van der Waals surface area contributed by atoms with Gasteiger partial charge in [0.2, 0.25) is 11.6 Å². The maximum atomic E-state index is 13.3. The van der Waals surface area contributed by atoms with Crippen LogP contribution in [0.1, 0.15) is 6.42 Å². The van der Waals surface area contributed by atoms with E-state index >= 15 is 0 Å². The lowest BCUT2D eigenvalue weighted by atomic mass is 10.3. The third kappa shape index (κ3) is 3.14. The number of carboxylic acids is 1. The zero-order valence-corrected chi connectivity index (χ0v) is 9.31. The molecule has 0 radical (unpaired) electrons. The lowest BCUT2D eigenvalue weighted by Gasteiger charge is -2.04. The van der Waals surface area contributed by atoms with E-state index in [2.05, 4.69) is 4.74 Å². The predicted octanol–water partition coefficient (Wildman–Crippen LogP) is 1.77. The first-order valence-corrected chi connectivity index (χ1v) is 4.75. The molecule has 0 spiro atoms. The molecule has 9 heteroatoms. The number of ether oxygens (including phenoxy) is 1. The van der Waals surface area contributed by atoms with Gasteiger partial charge in [0.25, 0.3) is 0 Å². The standard InChI is InChI=1S/C9H5ClFNO6/c10-4-1-2-5(9(8(4)11)12(16)17)18-7(15)3-6(13)14/h1-2H,3H2,(H,13,14). The van der Waals surface area contributed by atoms with Gasteiger partial charge in [0.05, 0.1) is 9.95 Å². The van der Waals surface area contributed by atoms with E-state index in [-0.39, 0.29) is 0 Å². The minimum absolute atomic E-state index is 0.514. The summed E-state index contributed by atoms with van der Waals surface area (Å²) in [5, 5.41) is 18.4. The maximum absolute atomic E-state index is 13.3. The van der Waals surface area contributed by atoms with Crippen LogP contribution in [0.2, 0.25) is 5.02 Å². The van der Waals surface area contributed by atoms with Gasteiger partial charge in [0.15, 0.2) is 0 Å². The van der Waals surface area contributed by atoms with E-state index in [0.717, 1.165) is 12.1 Å². The Balaban J connectivity index is 3.10. The van der Waals surface area contributed by atoms with Crippen LogP contribution in [0.25, 0.3) is 0 Å². The molecule has 0 unspecified atom stereocenters. The van der Waals surface area contributed by atoms with Gasteiger partial charge < -0.3 is 9.84 Å². The minimum atomic E-state index is -1.47. The first-order chi connectivity index (χ1) is 8.32. The Labute approximate surface area is 104 Å². The monoisotopic (exact) mass is 277 g/mol. The van der Waals surface area contributed by atoms with Gasteiger partial charge in [-0.1, -0.05) is 11.6 Å². The van der Waals surface area contributed by atoms with Crippen LogP contribution < -0.4 is 4.74 Å². The van der Waals surface area contributed by atoms with E-state index in [0.29, 0.717) is 0 Å². The number of carboxylic acid groups (broad SMARTS) is 1. The van der Waals surface area contributed by atoms with E-state index < -0.39 is 45.6 Å². The van der Waals surface area contributed by atoms with Crippen LogP contribution in [0.4, 0.5) is 10.1 Å². The summed E-state index contributed by atoms with van der Waals surface area (Å²) in [7, 11) is 0. The largest absolute Gasteiger partial charge is 0.481 e. The molecular weight excluding hydrogens is 273 g/mol. The number of nitro groups is 1. The molecule has 0 saturated heterocycles. The van der Waals surface area contributed by atoms with Crippen LogP contribution in [0.5, 0.6) is 5.75 Å². The molecule has 96 valence electrons. The number of carbonyl (C=O) groups is 2. The van der Waals surface area contributed by atoms with Crippen molar-refractivity contribution in [3.63, 3.8) is 0 Å². The van der Waals surface area contributed by atoms with E-state index in [1.807, 2.05) is 0 Å². The van der Waals surface area contributed by atoms with Crippen LogP contribution in [0.15, 0.2) is 12.1 Å². The Morgan fingerprint density at radius 1 is 1.50 bits per heavy atom. The molecule has 0 aliphatic rings. The molecule has 0 aliphatic carbocycles. The molecule has 18 heavy (non-hydrogen) atoms. The quantitative estimate of drug-likeness (QED) is 0.295. The Kier molecular flexibility index (Phi) is 4.16. The van der Waals surface area contributed by atoms with Gasteiger partial charge in [-0.3, -0.25) is 19.7 Å². The normalized spacial score (nSPS) is 9.89. The van der Waals surface area contributed by atoms with Crippen molar-refractivity contribution in [1.29, 1.82) is 0 Å². The molecule has 0 amide bonds. The number of halogens is 2. The summed E-state index contributed by atoms with van der Waals surface area (Å²) in [5.41, 5.74) is -1.12. The predicted molar refractivity (Wildman–Crippen MR) is 56.0 cm³/mol. The van der Waals surface area contributed by atoms with Crippen molar-refractivity contribution in [1.82, 2.24) is 0 Å². The number of aliphatic carboxylic acids is 1. The molecule has 1 aromatic carbocycles. The summed E-state index contributed by atoms with van der Waals surface area (Å²) in [6, 6.07) is 1.86. The van der Waals surface area contributed by atoms with Crippen LogP contribution in [0.3, 0.4) is 0 Å². The number of benzene rings is 1. The molecule has 0 atom stereocenters. The first kappa shape index (κ1) is 13.8. The molecule has 0 fully saturated rings. The summed E-state index contributed by atoms with van der Waals surface area (Å²) in [6.07, 6.45) is -0.999. The highest BCUT2D eigenvalue weighted by molar-refractivity contribution is 6.31. The molecule has 0 heterocycles. The maximum Gasteiger partial charge on any atom is 0.348 e. The number of esters is 1. The van der Waals surface area contributed by atoms with Crippen molar-refractivity contribution in [2.45, 2.75) is 6.42 Å². The average Bonchev–Trinajstić information content (AvgIpc) is 2.21. The Bertz CT molecular complexity index is 532. The summed E-state index contributed by atoms with van der Waals surface area (Å²) >= 11 is 5.34. The van der Waals surface area contributed by atoms with Crippen molar-refractivity contribution < 1.29 is 28.7 Å². The first-order valence-electron chi connectivity index (χ1n) is 4.37. The van der Waals surface area contributed by atoms with E-state index in [9.17, 15) is 24.1 Å². The molecule has 1 N–H and O–H groups in total. The van der Waals surface area contributed by atoms with Gasteiger partial charge in [0, 0.05) is 0 Å². The van der Waals surface area contributed by atoms with Gasteiger partial charge >= 0.3 is 17.6 Å². The second-order valence-corrected chi connectivity index (χ2v) is 3.42. The van der Waals surface area contributed by atoms with Crippen molar-refractivity contribution in [3.05, 3.63) is 33.1 Å². The average molecular weight is 278 g/mol. The van der Waals surface area contributed by atoms with Crippen LogP contribution in [0, 0.1) is 15.9 Å². The molecule has 0 aliphatic heterocycles. The number of nitrogens with zero attached hydrogens (tertiary/aromatic N) is 1. The number of hydrogen-bond acceptors (Lipinski definition) is 5. The fraction of sp³-hybridized carbons (Fsp3) is 0.111. The fourth-order valence-electron chi connectivity index (χ4n) is 1.06. The summed E-state index contributed by atoms with van der Waals surface area (Å²) in [4.78, 5) is 30.7. The Morgan fingerprint density at radius 3 is 2.61 bits per heavy atom. The number of rotatable bonds is 4. The molecule has 7 nitrogen and oxygen atoms in total. The highest BCUT2D eigenvalue weighted by atomic mass is 35.5.